The molecule has 0 radical (unpaired) electrons. The molecule has 1 aliphatic carbocycles. The van der Waals surface area contributed by atoms with Crippen LogP contribution in [0.3, 0.4) is 0 Å². The van der Waals surface area contributed by atoms with Crippen molar-refractivity contribution in [3.8, 4) is 0 Å². The molecule has 2 aliphatic rings. The molecule has 28 heavy (non-hydrogen) atoms. The van der Waals surface area contributed by atoms with Gasteiger partial charge in [-0.1, -0.05) is 18.9 Å². The highest BCUT2D eigenvalue weighted by Gasteiger charge is 2.40. The lowest BCUT2D eigenvalue weighted by Gasteiger charge is -2.35. The smallest absolute Gasteiger partial charge is 0.232 e. The molecule has 2 amide bonds. The van der Waals surface area contributed by atoms with E-state index in [0.29, 0.717) is 18.2 Å². The predicted molar refractivity (Wildman–Crippen MR) is 118 cm³/mol. The summed E-state index contributed by atoms with van der Waals surface area (Å²) in [5, 5.41) is 6.82. The van der Waals surface area contributed by atoms with Gasteiger partial charge in [-0.15, -0.1) is 0 Å². The number of amides is 2. The van der Waals surface area contributed by atoms with E-state index in [4.69, 9.17) is 0 Å². The number of thioether (sulfide) groups is 2. The molecule has 1 aliphatic heterocycles. The van der Waals surface area contributed by atoms with E-state index in [9.17, 15) is 9.59 Å². The second-order valence-corrected chi connectivity index (χ2v) is 10.9. The van der Waals surface area contributed by atoms with E-state index in [1.807, 2.05) is 55.6 Å². The van der Waals surface area contributed by atoms with Gasteiger partial charge in [0, 0.05) is 41.7 Å². The molecule has 1 atom stereocenters. The summed E-state index contributed by atoms with van der Waals surface area (Å²) in [6.45, 7) is 4.33. The minimum Gasteiger partial charge on any atom is -0.354 e. The minimum absolute atomic E-state index is 0.0263. The van der Waals surface area contributed by atoms with Crippen molar-refractivity contribution < 1.29 is 9.59 Å². The zero-order chi connectivity index (χ0) is 20.0. The summed E-state index contributed by atoms with van der Waals surface area (Å²) in [7, 11) is 0. The average Bonchev–Trinajstić information content (AvgIpc) is 3.16. The molecule has 1 saturated heterocycles. The largest absolute Gasteiger partial charge is 0.354 e. The van der Waals surface area contributed by atoms with E-state index in [0.717, 1.165) is 42.9 Å². The summed E-state index contributed by atoms with van der Waals surface area (Å²) in [6, 6.07) is 5.65. The molecule has 2 fully saturated rings. The Labute approximate surface area is 176 Å². The fourth-order valence-electron chi connectivity index (χ4n) is 3.84. The highest BCUT2D eigenvalue weighted by molar-refractivity contribution is 8.06. The number of carbonyl (C=O) groups excluding carboxylic acids is 2. The molecule has 5 nitrogen and oxygen atoms in total. The molecule has 1 unspecified atom stereocenters. The number of hydrogen-bond donors (Lipinski definition) is 2. The van der Waals surface area contributed by atoms with Crippen molar-refractivity contribution in [1.29, 1.82) is 0 Å². The lowest BCUT2D eigenvalue weighted by molar-refractivity contribution is -0.128. The molecule has 3 rings (SSSR count). The Morgan fingerprint density at radius 2 is 2.04 bits per heavy atom. The van der Waals surface area contributed by atoms with Crippen LogP contribution in [0.5, 0.6) is 0 Å². The summed E-state index contributed by atoms with van der Waals surface area (Å²) >= 11 is 3.83. The first-order chi connectivity index (χ1) is 13.4. The van der Waals surface area contributed by atoms with Gasteiger partial charge in [0.2, 0.25) is 11.8 Å². The van der Waals surface area contributed by atoms with Crippen molar-refractivity contribution in [2.45, 2.75) is 62.2 Å². The van der Waals surface area contributed by atoms with Gasteiger partial charge < -0.3 is 10.6 Å². The van der Waals surface area contributed by atoms with E-state index in [1.54, 1.807) is 6.20 Å². The second kappa shape index (κ2) is 9.53. The van der Waals surface area contributed by atoms with Crippen molar-refractivity contribution in [2.75, 3.05) is 23.8 Å². The summed E-state index contributed by atoms with van der Waals surface area (Å²) in [6.07, 6.45) is 6.26. The quantitative estimate of drug-likeness (QED) is 0.708. The van der Waals surface area contributed by atoms with Gasteiger partial charge >= 0.3 is 0 Å². The Kier molecular flexibility index (Phi) is 7.31. The monoisotopic (exact) mass is 421 g/mol. The Hall–Kier alpha value is -1.21. The van der Waals surface area contributed by atoms with Gasteiger partial charge in [-0.25, -0.2) is 0 Å². The first-order valence-corrected chi connectivity index (χ1v) is 12.3. The summed E-state index contributed by atoms with van der Waals surface area (Å²) < 4.78 is 0. The lowest BCUT2D eigenvalue weighted by Crippen LogP contribution is -2.57. The standard InChI is InChI=1S/C21H31N3O2S2/c1-20(2,17-7-3-6-10-22-17)19(26)24-21(8-4-5-9-21)15-23-18(25)13-16-14-27-11-12-28-16/h3,6-7,10,16H,4-5,8-9,11-15H2,1-2H3,(H,23,25)(H,24,26). The van der Waals surface area contributed by atoms with Crippen LogP contribution in [-0.2, 0) is 15.0 Å². The molecular formula is C21H31N3O2S2. The second-order valence-electron chi connectivity index (χ2n) is 8.33. The maximum atomic E-state index is 13.1. The molecule has 1 aromatic heterocycles. The number of nitrogens with one attached hydrogen (secondary N) is 2. The zero-order valence-corrected chi connectivity index (χ0v) is 18.5. The number of carbonyl (C=O) groups is 2. The summed E-state index contributed by atoms with van der Waals surface area (Å²) in [5.74, 6) is 3.44. The molecule has 7 heteroatoms. The fraction of sp³-hybridized carbons (Fsp3) is 0.667. The van der Waals surface area contributed by atoms with Gasteiger partial charge in [0.1, 0.15) is 0 Å². The summed E-state index contributed by atoms with van der Waals surface area (Å²) in [4.78, 5) is 29.9. The van der Waals surface area contributed by atoms with Crippen LogP contribution in [0.2, 0.25) is 0 Å². The van der Waals surface area contributed by atoms with Crippen LogP contribution in [0.25, 0.3) is 0 Å². The molecule has 1 aromatic rings. The molecule has 154 valence electrons. The number of nitrogens with zero attached hydrogens (tertiary/aromatic N) is 1. The van der Waals surface area contributed by atoms with Gasteiger partial charge in [0.05, 0.1) is 16.6 Å². The number of hydrogen-bond acceptors (Lipinski definition) is 5. The molecule has 2 heterocycles. The molecule has 1 saturated carbocycles. The van der Waals surface area contributed by atoms with Crippen molar-refractivity contribution in [3.63, 3.8) is 0 Å². The van der Waals surface area contributed by atoms with Crippen LogP contribution in [0.4, 0.5) is 0 Å². The van der Waals surface area contributed by atoms with Crippen LogP contribution in [-0.4, -0.2) is 51.4 Å². The Morgan fingerprint density at radius 3 is 2.68 bits per heavy atom. The molecule has 0 bridgehead atoms. The van der Waals surface area contributed by atoms with Crippen molar-refractivity contribution in [2.24, 2.45) is 0 Å². The number of rotatable bonds is 7. The van der Waals surface area contributed by atoms with Crippen LogP contribution >= 0.6 is 23.5 Å². The molecule has 2 N–H and O–H groups in total. The van der Waals surface area contributed by atoms with E-state index >= 15 is 0 Å². The highest BCUT2D eigenvalue weighted by Crippen LogP contribution is 2.32. The SMILES string of the molecule is CC(C)(C(=O)NC1(CNC(=O)CC2CSCCS2)CCCC1)c1ccccn1. The average molecular weight is 422 g/mol. The first-order valence-electron chi connectivity index (χ1n) is 10.1. The number of pyridine rings is 1. The Balaban J connectivity index is 1.58. The topological polar surface area (TPSA) is 71.1 Å². The van der Waals surface area contributed by atoms with Gasteiger partial charge in [-0.2, -0.15) is 23.5 Å². The van der Waals surface area contributed by atoms with Crippen molar-refractivity contribution in [1.82, 2.24) is 15.6 Å². The third-order valence-corrected chi connectivity index (χ3v) is 8.58. The number of aromatic nitrogens is 1. The normalized spacial score (nSPS) is 21.9. The van der Waals surface area contributed by atoms with Gasteiger partial charge in [0.25, 0.3) is 0 Å². The predicted octanol–water partition coefficient (Wildman–Crippen LogP) is 3.14. The maximum absolute atomic E-state index is 13.1. The fourth-order valence-corrected chi connectivity index (χ4v) is 6.52. The maximum Gasteiger partial charge on any atom is 0.232 e. The van der Waals surface area contributed by atoms with Crippen LogP contribution in [0.1, 0.15) is 51.6 Å². The van der Waals surface area contributed by atoms with Crippen molar-refractivity contribution >= 4 is 35.3 Å². The highest BCUT2D eigenvalue weighted by atomic mass is 32.2. The van der Waals surface area contributed by atoms with Crippen LogP contribution in [0, 0.1) is 0 Å². The lowest BCUT2D eigenvalue weighted by atomic mass is 9.85. The van der Waals surface area contributed by atoms with Crippen molar-refractivity contribution in [3.05, 3.63) is 30.1 Å². The third-order valence-electron chi connectivity index (χ3n) is 5.73. The van der Waals surface area contributed by atoms with E-state index in [1.165, 1.54) is 5.75 Å². The molecular weight excluding hydrogens is 390 g/mol. The van der Waals surface area contributed by atoms with Gasteiger partial charge in [0.15, 0.2) is 0 Å². The third kappa shape index (κ3) is 5.44. The molecule has 0 aromatic carbocycles. The van der Waals surface area contributed by atoms with Gasteiger partial charge in [-0.05, 0) is 38.8 Å². The van der Waals surface area contributed by atoms with Gasteiger partial charge in [-0.3, -0.25) is 14.6 Å². The molecule has 0 spiro atoms. The summed E-state index contributed by atoms with van der Waals surface area (Å²) in [5.41, 5.74) is -0.291. The van der Waals surface area contributed by atoms with Crippen LogP contribution < -0.4 is 10.6 Å². The Bertz CT molecular complexity index is 669. The first kappa shape index (κ1) is 21.5. The Morgan fingerprint density at radius 1 is 1.25 bits per heavy atom. The van der Waals surface area contributed by atoms with E-state index in [2.05, 4.69) is 15.6 Å². The van der Waals surface area contributed by atoms with E-state index in [-0.39, 0.29) is 17.4 Å². The zero-order valence-electron chi connectivity index (χ0n) is 16.8. The minimum atomic E-state index is -0.711. The van der Waals surface area contributed by atoms with E-state index < -0.39 is 5.41 Å². The van der Waals surface area contributed by atoms with Crippen LogP contribution in [0.15, 0.2) is 24.4 Å².